The Hall–Kier alpha value is -2.29. The molecule has 0 aromatic heterocycles. The molecule has 0 bridgehead atoms. The van der Waals surface area contributed by atoms with E-state index >= 15 is 0 Å². The molecule has 1 heterocycles. The molecule has 4 rings (SSSR count). The van der Waals surface area contributed by atoms with Crippen molar-refractivity contribution < 1.29 is 31.6 Å². The van der Waals surface area contributed by atoms with Gasteiger partial charge in [0.25, 0.3) is 10.1 Å². The van der Waals surface area contributed by atoms with Gasteiger partial charge >= 0.3 is 5.97 Å². The smallest absolute Gasteiger partial charge is 0.343 e. The molecule has 0 saturated heterocycles. The fourth-order valence-electron chi connectivity index (χ4n) is 3.77. The number of hydrogen-bond acceptors (Lipinski definition) is 7. The molecule has 0 N–H and O–H groups in total. The Morgan fingerprint density at radius 3 is 2.66 bits per heavy atom. The summed E-state index contributed by atoms with van der Waals surface area (Å²) in [6.07, 6.45) is 0.432. The van der Waals surface area contributed by atoms with Crippen molar-refractivity contribution in [1.82, 2.24) is 0 Å². The van der Waals surface area contributed by atoms with Crippen LogP contribution in [0.1, 0.15) is 24.3 Å². The van der Waals surface area contributed by atoms with Crippen molar-refractivity contribution in [3.05, 3.63) is 53.1 Å². The highest BCUT2D eigenvalue weighted by atomic mass is 35.5. The minimum atomic E-state index is -3.94. The predicted molar refractivity (Wildman–Crippen MR) is 104 cm³/mol. The number of carbonyl (C=O) groups excluding carboxylic acids is 1. The third-order valence-electron chi connectivity index (χ3n) is 5.10. The van der Waals surface area contributed by atoms with Gasteiger partial charge in [-0.25, -0.2) is 4.79 Å². The van der Waals surface area contributed by atoms with E-state index in [0.29, 0.717) is 29.4 Å². The summed E-state index contributed by atoms with van der Waals surface area (Å²) in [5.74, 6) is 0.190. The maximum absolute atomic E-state index is 12.7. The van der Waals surface area contributed by atoms with Crippen molar-refractivity contribution in [2.45, 2.75) is 35.9 Å². The average molecular weight is 439 g/mol. The predicted octanol–water partition coefficient (Wildman–Crippen LogP) is 3.30. The molecule has 7 nitrogen and oxygen atoms in total. The molecule has 9 heteroatoms. The van der Waals surface area contributed by atoms with Gasteiger partial charge in [0.05, 0.1) is 24.0 Å². The molecule has 1 fully saturated rings. The van der Waals surface area contributed by atoms with E-state index in [0.717, 1.165) is 5.56 Å². The Morgan fingerprint density at radius 2 is 1.93 bits per heavy atom. The molecule has 3 atom stereocenters. The number of para-hydroxylation sites is 1. The van der Waals surface area contributed by atoms with Crippen LogP contribution in [0.25, 0.3) is 0 Å². The zero-order chi connectivity index (χ0) is 20.6. The van der Waals surface area contributed by atoms with Crippen LogP contribution >= 0.6 is 11.6 Å². The maximum Gasteiger partial charge on any atom is 0.343 e. The number of hydrogen-bond donors (Lipinski definition) is 0. The molecular formula is C20H19ClO7S. The van der Waals surface area contributed by atoms with E-state index in [2.05, 4.69) is 4.74 Å². The van der Waals surface area contributed by atoms with E-state index in [9.17, 15) is 13.2 Å². The Bertz CT molecular complexity index is 1020. The van der Waals surface area contributed by atoms with Gasteiger partial charge in [-0.3, -0.25) is 4.18 Å². The highest BCUT2D eigenvalue weighted by molar-refractivity contribution is 7.86. The lowest BCUT2D eigenvalue weighted by Crippen LogP contribution is -2.24. The van der Waals surface area contributed by atoms with E-state index in [1.807, 2.05) is 6.07 Å². The lowest BCUT2D eigenvalue weighted by atomic mass is 9.95. The van der Waals surface area contributed by atoms with E-state index in [1.165, 1.54) is 31.4 Å². The summed E-state index contributed by atoms with van der Waals surface area (Å²) in [4.78, 5) is 11.4. The van der Waals surface area contributed by atoms with Gasteiger partial charge in [0, 0.05) is 10.6 Å². The third kappa shape index (κ3) is 3.92. The number of carbonyl (C=O) groups is 1. The van der Waals surface area contributed by atoms with Crippen molar-refractivity contribution in [3.63, 3.8) is 0 Å². The lowest BCUT2D eigenvalue weighted by Gasteiger charge is -2.18. The fourth-order valence-corrected chi connectivity index (χ4v) is 5.02. The van der Waals surface area contributed by atoms with Gasteiger partial charge in [-0.05, 0) is 43.2 Å². The van der Waals surface area contributed by atoms with Crippen LogP contribution < -0.4 is 9.47 Å². The number of halogens is 1. The largest absolute Gasteiger partial charge is 0.485 e. The summed E-state index contributed by atoms with van der Waals surface area (Å²) < 4.78 is 47.1. The van der Waals surface area contributed by atoms with Crippen molar-refractivity contribution >= 4 is 27.7 Å². The summed E-state index contributed by atoms with van der Waals surface area (Å²) in [5.41, 5.74) is 0.811. The standard InChI is InChI=1S/C20H19ClO7S/c1-25-18(22)11-26-17-4-2-3-14-19-15(27-20(14)17)9-10-16(19)28-29(23,24)13-7-5-12(21)6-8-13/h2-8,15-16,19H,9-11H2,1H3. The van der Waals surface area contributed by atoms with Crippen LogP contribution in [0.2, 0.25) is 5.02 Å². The van der Waals surface area contributed by atoms with Crippen molar-refractivity contribution in [2.24, 2.45) is 0 Å². The zero-order valence-electron chi connectivity index (χ0n) is 15.5. The molecule has 1 aliphatic heterocycles. The molecule has 0 amide bonds. The van der Waals surface area contributed by atoms with Crippen molar-refractivity contribution in [1.29, 1.82) is 0 Å². The first-order chi connectivity index (χ1) is 13.9. The van der Waals surface area contributed by atoms with Gasteiger partial charge in [0.2, 0.25) is 0 Å². The number of methoxy groups -OCH3 is 1. The molecule has 154 valence electrons. The first kappa shape index (κ1) is 20.0. The van der Waals surface area contributed by atoms with E-state index in [1.54, 1.807) is 12.1 Å². The van der Waals surface area contributed by atoms with Crippen LogP contribution in [0.3, 0.4) is 0 Å². The third-order valence-corrected chi connectivity index (χ3v) is 6.70. The van der Waals surface area contributed by atoms with Crippen molar-refractivity contribution in [2.75, 3.05) is 13.7 Å². The highest BCUT2D eigenvalue weighted by Gasteiger charge is 2.48. The van der Waals surface area contributed by atoms with Crippen LogP contribution in [0, 0.1) is 0 Å². The molecule has 1 aliphatic carbocycles. The number of benzene rings is 2. The second-order valence-electron chi connectivity index (χ2n) is 6.84. The van der Waals surface area contributed by atoms with E-state index < -0.39 is 22.2 Å². The van der Waals surface area contributed by atoms with E-state index in [4.69, 9.17) is 25.3 Å². The summed E-state index contributed by atoms with van der Waals surface area (Å²) >= 11 is 5.84. The highest BCUT2D eigenvalue weighted by Crippen LogP contribution is 2.52. The molecule has 29 heavy (non-hydrogen) atoms. The van der Waals surface area contributed by atoms with Gasteiger partial charge in [-0.15, -0.1) is 0 Å². The lowest BCUT2D eigenvalue weighted by molar-refractivity contribution is -0.142. The molecule has 2 aromatic rings. The Balaban J connectivity index is 1.56. The molecular weight excluding hydrogens is 420 g/mol. The summed E-state index contributed by atoms with van der Waals surface area (Å²) in [5, 5.41) is 0.447. The zero-order valence-corrected chi connectivity index (χ0v) is 17.1. The summed E-state index contributed by atoms with van der Waals surface area (Å²) in [7, 11) is -2.66. The Kier molecular flexibility index (Phi) is 5.42. The molecule has 2 aliphatic rings. The summed E-state index contributed by atoms with van der Waals surface area (Å²) in [6.45, 7) is -0.240. The van der Waals surface area contributed by atoms with Crippen LogP contribution in [0.15, 0.2) is 47.4 Å². The summed E-state index contributed by atoms with van der Waals surface area (Å²) in [6, 6.07) is 11.2. The first-order valence-corrected chi connectivity index (χ1v) is 10.9. The topological polar surface area (TPSA) is 88.1 Å². The molecule has 1 saturated carbocycles. The van der Waals surface area contributed by atoms with Gasteiger partial charge in [0.1, 0.15) is 6.10 Å². The monoisotopic (exact) mass is 438 g/mol. The van der Waals surface area contributed by atoms with Gasteiger partial charge < -0.3 is 14.2 Å². The maximum atomic E-state index is 12.7. The van der Waals surface area contributed by atoms with Gasteiger partial charge in [-0.1, -0.05) is 23.7 Å². The van der Waals surface area contributed by atoms with Crippen LogP contribution in [-0.4, -0.2) is 40.3 Å². The normalized spacial score (nSPS) is 22.5. The molecule has 2 aromatic carbocycles. The van der Waals surface area contributed by atoms with E-state index in [-0.39, 0.29) is 23.5 Å². The number of rotatable bonds is 6. The SMILES string of the molecule is COC(=O)COc1cccc2c1OC1CCC(OS(=O)(=O)c3ccc(Cl)cc3)C21. The molecule has 3 unspecified atom stereocenters. The Morgan fingerprint density at radius 1 is 1.17 bits per heavy atom. The number of esters is 1. The van der Waals surface area contributed by atoms with Crippen LogP contribution in [0.4, 0.5) is 0 Å². The number of ether oxygens (including phenoxy) is 3. The van der Waals surface area contributed by atoms with Gasteiger partial charge in [-0.2, -0.15) is 8.42 Å². The minimum absolute atomic E-state index is 0.0552. The second-order valence-corrected chi connectivity index (χ2v) is 8.85. The van der Waals surface area contributed by atoms with Crippen LogP contribution in [-0.2, 0) is 23.8 Å². The van der Waals surface area contributed by atoms with Crippen LogP contribution in [0.5, 0.6) is 11.5 Å². The van der Waals surface area contributed by atoms with Crippen molar-refractivity contribution in [3.8, 4) is 11.5 Å². The molecule has 0 spiro atoms. The Labute approximate surface area is 173 Å². The minimum Gasteiger partial charge on any atom is -0.485 e. The first-order valence-electron chi connectivity index (χ1n) is 9.07. The second kappa shape index (κ2) is 7.85. The number of fused-ring (bicyclic) bond motifs is 3. The van der Waals surface area contributed by atoms with Gasteiger partial charge in [0.15, 0.2) is 18.1 Å². The quantitative estimate of drug-likeness (QED) is 0.505. The molecule has 0 radical (unpaired) electrons. The average Bonchev–Trinajstić information content (AvgIpc) is 3.26. The fraction of sp³-hybridized carbons (Fsp3) is 0.350.